The molecule has 1 heteroatoms. The first-order valence-corrected chi connectivity index (χ1v) is 17.9. The second kappa shape index (κ2) is 10.8. The van der Waals surface area contributed by atoms with E-state index in [2.05, 4.69) is 198 Å². The second-order valence-corrected chi connectivity index (χ2v) is 15.8. The highest BCUT2D eigenvalue weighted by atomic mass is 15.1. The predicted molar refractivity (Wildman–Crippen MR) is 213 cm³/mol. The highest BCUT2D eigenvalue weighted by molar-refractivity contribution is 5.98. The van der Waals surface area contributed by atoms with Gasteiger partial charge < -0.3 is 4.90 Å². The van der Waals surface area contributed by atoms with Crippen LogP contribution >= 0.6 is 0 Å². The number of hydrogen-bond donors (Lipinski definition) is 0. The Morgan fingerprint density at radius 3 is 1.64 bits per heavy atom. The van der Waals surface area contributed by atoms with Crippen LogP contribution in [0.2, 0.25) is 0 Å². The van der Waals surface area contributed by atoms with Crippen molar-refractivity contribution in [3.8, 4) is 33.4 Å². The van der Waals surface area contributed by atoms with Gasteiger partial charge in [-0.3, -0.25) is 0 Å². The van der Waals surface area contributed by atoms with Gasteiger partial charge in [-0.1, -0.05) is 157 Å². The first-order chi connectivity index (χ1) is 24.1. The number of benzene rings is 7. The monoisotopic (exact) mass is 645 g/mol. The largest absolute Gasteiger partial charge is 0.310 e. The second-order valence-electron chi connectivity index (χ2n) is 15.8. The lowest BCUT2D eigenvalue weighted by Gasteiger charge is -2.48. The van der Waals surface area contributed by atoms with E-state index in [9.17, 15) is 0 Å². The minimum Gasteiger partial charge on any atom is -0.310 e. The van der Waals surface area contributed by atoms with E-state index < -0.39 is 0 Å². The van der Waals surface area contributed by atoms with E-state index >= 15 is 0 Å². The van der Waals surface area contributed by atoms with Crippen LogP contribution in [0.1, 0.15) is 63.8 Å². The molecule has 0 spiro atoms. The molecule has 0 aliphatic heterocycles. The molecule has 50 heavy (non-hydrogen) atoms. The molecule has 7 aromatic carbocycles. The Morgan fingerprint density at radius 2 is 0.900 bits per heavy atom. The van der Waals surface area contributed by atoms with Crippen LogP contribution in [0.15, 0.2) is 152 Å². The van der Waals surface area contributed by atoms with Crippen LogP contribution in [0.3, 0.4) is 0 Å². The zero-order valence-corrected chi connectivity index (χ0v) is 29.9. The van der Waals surface area contributed by atoms with E-state index in [-0.39, 0.29) is 16.2 Å². The fourth-order valence-electron chi connectivity index (χ4n) is 8.97. The Hall–Kier alpha value is -5.40. The van der Waals surface area contributed by atoms with Gasteiger partial charge in [0.15, 0.2) is 0 Å². The van der Waals surface area contributed by atoms with Crippen LogP contribution in [0.5, 0.6) is 0 Å². The average molecular weight is 646 g/mol. The molecule has 0 N–H and O–H groups in total. The third-order valence-corrected chi connectivity index (χ3v) is 12.4. The molecule has 0 atom stereocenters. The Labute approximate surface area is 296 Å². The molecule has 9 rings (SSSR count). The van der Waals surface area contributed by atoms with Crippen molar-refractivity contribution in [2.45, 2.75) is 57.8 Å². The Bertz CT molecular complexity index is 2440. The molecule has 0 bridgehead atoms. The van der Waals surface area contributed by atoms with E-state index in [4.69, 9.17) is 0 Å². The van der Waals surface area contributed by atoms with Gasteiger partial charge in [-0.15, -0.1) is 0 Å². The lowest BCUT2D eigenvalue weighted by atomic mass is 9.55. The maximum absolute atomic E-state index is 2.47. The summed E-state index contributed by atoms with van der Waals surface area (Å²) in [6.45, 7) is 14.5. The van der Waals surface area contributed by atoms with E-state index in [1.807, 2.05) is 0 Å². The number of fused-ring (bicyclic) bond motifs is 8. The number of hydrogen-bond acceptors (Lipinski definition) is 1. The summed E-state index contributed by atoms with van der Waals surface area (Å²) in [7, 11) is 0. The van der Waals surface area contributed by atoms with Crippen LogP contribution in [0.4, 0.5) is 17.1 Å². The van der Waals surface area contributed by atoms with Gasteiger partial charge in [0.2, 0.25) is 0 Å². The van der Waals surface area contributed by atoms with Gasteiger partial charge >= 0.3 is 0 Å². The topological polar surface area (TPSA) is 3.24 Å². The van der Waals surface area contributed by atoms with Gasteiger partial charge in [-0.2, -0.15) is 0 Å². The van der Waals surface area contributed by atoms with Gasteiger partial charge in [0.05, 0.1) is 0 Å². The lowest BCUT2D eigenvalue weighted by Crippen LogP contribution is -2.43. The van der Waals surface area contributed by atoms with Crippen molar-refractivity contribution in [3.05, 3.63) is 174 Å². The Kier molecular flexibility index (Phi) is 6.62. The van der Waals surface area contributed by atoms with E-state index in [1.165, 1.54) is 77.8 Å². The van der Waals surface area contributed by atoms with Crippen molar-refractivity contribution < 1.29 is 0 Å². The predicted octanol–water partition coefficient (Wildman–Crippen LogP) is 13.5. The summed E-state index contributed by atoms with van der Waals surface area (Å²) in [5.74, 6) is 0. The number of nitrogens with zero attached hydrogens (tertiary/aromatic N) is 1. The summed E-state index contributed by atoms with van der Waals surface area (Å²) in [6.07, 6.45) is 0. The van der Waals surface area contributed by atoms with Crippen molar-refractivity contribution in [3.63, 3.8) is 0 Å². The molecule has 0 fully saturated rings. The molecule has 244 valence electrons. The smallest absolute Gasteiger partial charge is 0.0465 e. The quantitative estimate of drug-likeness (QED) is 0.184. The molecule has 0 radical (unpaired) electrons. The molecule has 0 heterocycles. The van der Waals surface area contributed by atoms with Crippen molar-refractivity contribution in [2.75, 3.05) is 4.90 Å². The molecule has 0 amide bonds. The Balaban J connectivity index is 1.24. The van der Waals surface area contributed by atoms with E-state index in [1.54, 1.807) is 0 Å². The molecular weight excluding hydrogens is 603 g/mol. The average Bonchev–Trinajstić information content (AvgIpc) is 3.37. The fraction of sp³-hybridized carbons (Fsp3) is 0.184. The van der Waals surface area contributed by atoms with Crippen LogP contribution in [0.25, 0.3) is 44.2 Å². The third kappa shape index (κ3) is 4.32. The van der Waals surface area contributed by atoms with Gasteiger partial charge in [-0.05, 0) is 114 Å². The normalized spacial score (nSPS) is 15.9. The summed E-state index contributed by atoms with van der Waals surface area (Å²) in [4.78, 5) is 2.47. The van der Waals surface area contributed by atoms with Crippen molar-refractivity contribution in [1.82, 2.24) is 0 Å². The standard InChI is InChI=1S/C49H43N/c1-47(2)44-30-36(26-29-41(44)42-27-22-34-16-10-11-17-38(34)46(42)47)50(35-23-20-33(21-24-35)32-14-8-7-9-15-32)37-25-28-40-39-18-12-13-19-43(39)48(3,4)49(5,6)45(40)31-37/h7-31H,1-6H3. The summed E-state index contributed by atoms with van der Waals surface area (Å²) < 4.78 is 0. The summed E-state index contributed by atoms with van der Waals surface area (Å²) in [5.41, 5.74) is 16.7. The summed E-state index contributed by atoms with van der Waals surface area (Å²) >= 11 is 0. The lowest BCUT2D eigenvalue weighted by molar-refractivity contribution is 0.299. The van der Waals surface area contributed by atoms with E-state index in [0.717, 1.165) is 5.69 Å². The SMILES string of the molecule is CC1(C)c2cc(N(c3ccc(-c4ccccc4)cc3)c3ccc4c(c3)C(C)(C)C(C)(C)c3ccccc3-4)ccc2-c2ccc3ccccc3c21. The first-order valence-electron chi connectivity index (χ1n) is 17.9. The Morgan fingerprint density at radius 1 is 0.380 bits per heavy atom. The van der Waals surface area contributed by atoms with Crippen LogP contribution in [0, 0.1) is 0 Å². The van der Waals surface area contributed by atoms with Gasteiger partial charge in [0, 0.05) is 22.5 Å². The molecule has 1 nitrogen and oxygen atoms in total. The minimum absolute atomic E-state index is 0.0382. The first kappa shape index (κ1) is 30.6. The summed E-state index contributed by atoms with van der Waals surface area (Å²) in [6, 6.07) is 56.5. The number of rotatable bonds is 4. The van der Waals surface area contributed by atoms with Crippen LogP contribution in [-0.2, 0) is 16.2 Å². The molecule has 0 saturated carbocycles. The maximum atomic E-state index is 2.47. The van der Waals surface area contributed by atoms with Crippen molar-refractivity contribution >= 4 is 27.8 Å². The van der Waals surface area contributed by atoms with E-state index in [0.29, 0.717) is 0 Å². The highest BCUT2D eigenvalue weighted by Gasteiger charge is 2.46. The van der Waals surface area contributed by atoms with Gasteiger partial charge in [0.1, 0.15) is 0 Å². The summed E-state index contributed by atoms with van der Waals surface area (Å²) in [5, 5.41) is 2.65. The maximum Gasteiger partial charge on any atom is 0.0465 e. The third-order valence-electron chi connectivity index (χ3n) is 12.4. The molecule has 2 aliphatic carbocycles. The van der Waals surface area contributed by atoms with Crippen LogP contribution < -0.4 is 4.90 Å². The molecular formula is C49H43N. The zero-order valence-electron chi connectivity index (χ0n) is 29.9. The zero-order chi connectivity index (χ0) is 34.4. The number of anilines is 3. The van der Waals surface area contributed by atoms with Crippen molar-refractivity contribution in [1.29, 1.82) is 0 Å². The molecule has 0 aromatic heterocycles. The van der Waals surface area contributed by atoms with Crippen LogP contribution in [-0.4, -0.2) is 0 Å². The van der Waals surface area contributed by atoms with Crippen molar-refractivity contribution in [2.24, 2.45) is 0 Å². The molecule has 0 saturated heterocycles. The molecule has 0 unspecified atom stereocenters. The fourth-order valence-corrected chi connectivity index (χ4v) is 8.97. The van der Waals surface area contributed by atoms with Gasteiger partial charge in [0.25, 0.3) is 0 Å². The molecule has 2 aliphatic rings. The van der Waals surface area contributed by atoms with Gasteiger partial charge in [-0.25, -0.2) is 0 Å². The highest BCUT2D eigenvalue weighted by Crippen LogP contribution is 2.56. The molecule has 7 aromatic rings. The minimum atomic E-state index is -0.143.